The average Bonchev–Trinajstić information content (AvgIpc) is 2.60. The summed E-state index contributed by atoms with van der Waals surface area (Å²) in [6.07, 6.45) is 0.944. The number of hydrogen-bond donors (Lipinski definition) is 1. The highest BCUT2D eigenvalue weighted by Gasteiger charge is 2.22. The van der Waals surface area contributed by atoms with Crippen molar-refractivity contribution in [1.82, 2.24) is 5.32 Å². The third-order valence-electron chi connectivity index (χ3n) is 4.09. The van der Waals surface area contributed by atoms with Gasteiger partial charge in [0.1, 0.15) is 23.5 Å². The molecule has 1 N–H and O–H groups in total. The van der Waals surface area contributed by atoms with Crippen LogP contribution in [0.3, 0.4) is 0 Å². The van der Waals surface area contributed by atoms with Gasteiger partial charge < -0.3 is 14.2 Å². The normalized spacial score (nSPS) is 17.7. The van der Waals surface area contributed by atoms with Crippen LogP contribution in [0.5, 0.6) is 17.2 Å². The molecule has 1 unspecified atom stereocenters. The van der Waals surface area contributed by atoms with Crippen molar-refractivity contribution in [2.75, 3.05) is 20.3 Å². The van der Waals surface area contributed by atoms with Gasteiger partial charge in [0, 0.05) is 18.0 Å². The Morgan fingerprint density at radius 1 is 1.17 bits per heavy atom. The lowest BCUT2D eigenvalue weighted by Crippen LogP contribution is -2.36. The third kappa shape index (κ3) is 3.96. The van der Waals surface area contributed by atoms with Gasteiger partial charge in [0.05, 0.1) is 13.7 Å². The lowest BCUT2D eigenvalue weighted by atomic mass is 9.93. The fourth-order valence-electron chi connectivity index (χ4n) is 2.84. The van der Waals surface area contributed by atoms with Crippen molar-refractivity contribution in [3.63, 3.8) is 0 Å². The molecule has 1 aliphatic rings. The highest BCUT2D eigenvalue weighted by molar-refractivity contribution is 5.43. The summed E-state index contributed by atoms with van der Waals surface area (Å²) in [6.45, 7) is 3.62. The van der Waals surface area contributed by atoms with E-state index in [0.717, 1.165) is 36.8 Å². The standard InChI is InChI=1S/C19H23NO3/c1-14(23-16-6-4-3-5-7-16)20-13-15-10-11-22-19-9-8-17(21-2)12-18(15)19/h3-9,12,14-15,20H,10-11,13H2,1-2H3/t14?,15-/m0/s1. The number of methoxy groups -OCH3 is 1. The minimum Gasteiger partial charge on any atom is -0.497 e. The van der Waals surface area contributed by atoms with Gasteiger partial charge >= 0.3 is 0 Å². The molecule has 0 fully saturated rings. The Morgan fingerprint density at radius 3 is 2.78 bits per heavy atom. The van der Waals surface area contributed by atoms with Gasteiger partial charge in [0.15, 0.2) is 0 Å². The van der Waals surface area contributed by atoms with Crippen molar-refractivity contribution in [3.8, 4) is 17.2 Å². The van der Waals surface area contributed by atoms with E-state index < -0.39 is 0 Å². The van der Waals surface area contributed by atoms with Crippen LogP contribution in [0.4, 0.5) is 0 Å². The van der Waals surface area contributed by atoms with E-state index in [1.807, 2.05) is 49.4 Å². The molecule has 23 heavy (non-hydrogen) atoms. The summed E-state index contributed by atoms with van der Waals surface area (Å²) in [5.74, 6) is 3.10. The smallest absolute Gasteiger partial charge is 0.147 e. The first-order valence-electron chi connectivity index (χ1n) is 8.02. The Kier molecular flexibility index (Phi) is 5.03. The van der Waals surface area contributed by atoms with E-state index >= 15 is 0 Å². The van der Waals surface area contributed by atoms with Crippen LogP contribution in [-0.4, -0.2) is 26.5 Å². The van der Waals surface area contributed by atoms with Gasteiger partial charge in [-0.1, -0.05) is 18.2 Å². The van der Waals surface area contributed by atoms with E-state index in [2.05, 4.69) is 11.4 Å². The van der Waals surface area contributed by atoms with Gasteiger partial charge in [0.25, 0.3) is 0 Å². The topological polar surface area (TPSA) is 39.7 Å². The van der Waals surface area contributed by atoms with E-state index in [-0.39, 0.29) is 6.23 Å². The molecule has 4 heteroatoms. The third-order valence-corrected chi connectivity index (χ3v) is 4.09. The van der Waals surface area contributed by atoms with E-state index in [1.165, 1.54) is 5.56 Å². The quantitative estimate of drug-likeness (QED) is 0.828. The molecule has 0 saturated carbocycles. The van der Waals surface area contributed by atoms with Crippen LogP contribution in [0.15, 0.2) is 48.5 Å². The van der Waals surface area contributed by atoms with Crippen LogP contribution >= 0.6 is 0 Å². The summed E-state index contributed by atoms with van der Waals surface area (Å²) in [4.78, 5) is 0. The molecule has 0 aromatic heterocycles. The number of fused-ring (bicyclic) bond motifs is 1. The number of hydrogen-bond acceptors (Lipinski definition) is 4. The molecule has 0 aliphatic carbocycles. The van der Waals surface area contributed by atoms with E-state index in [9.17, 15) is 0 Å². The molecule has 2 aromatic carbocycles. The van der Waals surface area contributed by atoms with Gasteiger partial charge in [-0.05, 0) is 43.7 Å². The zero-order valence-electron chi connectivity index (χ0n) is 13.6. The van der Waals surface area contributed by atoms with Crippen LogP contribution in [0, 0.1) is 0 Å². The zero-order chi connectivity index (χ0) is 16.1. The number of ether oxygens (including phenoxy) is 3. The molecule has 0 amide bonds. The second kappa shape index (κ2) is 7.38. The molecular formula is C19H23NO3. The van der Waals surface area contributed by atoms with Crippen LogP contribution in [0.2, 0.25) is 0 Å². The van der Waals surface area contributed by atoms with Crippen LogP contribution in [0.25, 0.3) is 0 Å². The van der Waals surface area contributed by atoms with Crippen molar-refractivity contribution in [2.24, 2.45) is 0 Å². The Labute approximate surface area is 137 Å². The first-order chi connectivity index (χ1) is 11.3. The van der Waals surface area contributed by atoms with Crippen molar-refractivity contribution >= 4 is 0 Å². The summed E-state index contributed by atoms with van der Waals surface area (Å²) in [5, 5.41) is 3.46. The molecule has 1 aliphatic heterocycles. The maximum atomic E-state index is 5.87. The maximum absolute atomic E-state index is 5.87. The fraction of sp³-hybridized carbons (Fsp3) is 0.368. The van der Waals surface area contributed by atoms with Gasteiger partial charge in [-0.15, -0.1) is 0 Å². The maximum Gasteiger partial charge on any atom is 0.147 e. The Hall–Kier alpha value is -2.20. The molecule has 122 valence electrons. The highest BCUT2D eigenvalue weighted by Crippen LogP contribution is 2.35. The molecule has 2 atom stereocenters. The van der Waals surface area contributed by atoms with E-state index in [0.29, 0.717) is 5.92 Å². The minimum absolute atomic E-state index is 0.0469. The molecule has 0 saturated heterocycles. The lowest BCUT2D eigenvalue weighted by molar-refractivity contribution is 0.174. The largest absolute Gasteiger partial charge is 0.497 e. The molecule has 0 spiro atoms. The summed E-state index contributed by atoms with van der Waals surface area (Å²) in [7, 11) is 1.69. The van der Waals surface area contributed by atoms with Crippen molar-refractivity contribution in [1.29, 1.82) is 0 Å². The van der Waals surface area contributed by atoms with Gasteiger partial charge in [-0.25, -0.2) is 0 Å². The fourth-order valence-corrected chi connectivity index (χ4v) is 2.84. The molecule has 0 radical (unpaired) electrons. The van der Waals surface area contributed by atoms with Crippen LogP contribution in [-0.2, 0) is 0 Å². The summed E-state index contributed by atoms with van der Waals surface area (Å²) in [6, 6.07) is 15.9. The minimum atomic E-state index is -0.0469. The zero-order valence-corrected chi connectivity index (χ0v) is 13.6. The highest BCUT2D eigenvalue weighted by atomic mass is 16.5. The second-order valence-corrected chi connectivity index (χ2v) is 5.72. The second-order valence-electron chi connectivity index (χ2n) is 5.72. The monoisotopic (exact) mass is 313 g/mol. The van der Waals surface area contributed by atoms with Crippen LogP contribution in [0.1, 0.15) is 24.8 Å². The molecule has 1 heterocycles. The predicted molar refractivity (Wildman–Crippen MR) is 90.4 cm³/mol. The number of rotatable bonds is 6. The van der Waals surface area contributed by atoms with E-state index in [1.54, 1.807) is 7.11 Å². The van der Waals surface area contributed by atoms with Gasteiger partial charge in [0.2, 0.25) is 0 Å². The van der Waals surface area contributed by atoms with Crippen molar-refractivity contribution in [3.05, 3.63) is 54.1 Å². The molecule has 0 bridgehead atoms. The predicted octanol–water partition coefficient (Wildman–Crippen LogP) is 3.58. The van der Waals surface area contributed by atoms with Crippen molar-refractivity contribution in [2.45, 2.75) is 25.5 Å². The van der Waals surface area contributed by atoms with E-state index in [4.69, 9.17) is 14.2 Å². The molecule has 2 aromatic rings. The van der Waals surface area contributed by atoms with Gasteiger partial charge in [-0.3, -0.25) is 5.32 Å². The van der Waals surface area contributed by atoms with Gasteiger partial charge in [-0.2, -0.15) is 0 Å². The molecule has 3 rings (SSSR count). The first kappa shape index (κ1) is 15.7. The molecule has 4 nitrogen and oxygen atoms in total. The Morgan fingerprint density at radius 2 is 2.00 bits per heavy atom. The Balaban J connectivity index is 1.61. The SMILES string of the molecule is COc1ccc2c(c1)[C@H](CNC(C)Oc1ccccc1)CCO2. The number of nitrogens with one attached hydrogen (secondary N) is 1. The number of benzene rings is 2. The van der Waals surface area contributed by atoms with Crippen molar-refractivity contribution < 1.29 is 14.2 Å². The molecular weight excluding hydrogens is 290 g/mol. The number of para-hydroxylation sites is 1. The average molecular weight is 313 g/mol. The summed E-state index contributed by atoms with van der Waals surface area (Å²) >= 11 is 0. The summed E-state index contributed by atoms with van der Waals surface area (Å²) in [5.41, 5.74) is 1.20. The Bertz CT molecular complexity index is 630. The van der Waals surface area contributed by atoms with Crippen LogP contribution < -0.4 is 19.5 Å². The summed E-state index contributed by atoms with van der Waals surface area (Å²) < 4.78 is 16.9. The lowest BCUT2D eigenvalue weighted by Gasteiger charge is -2.28. The first-order valence-corrected chi connectivity index (χ1v) is 8.02.